The largest absolute Gasteiger partial charge is 0.445 e. The van der Waals surface area contributed by atoms with Gasteiger partial charge in [-0.2, -0.15) is 0 Å². The van der Waals surface area contributed by atoms with Crippen molar-refractivity contribution >= 4 is 12.0 Å². The summed E-state index contributed by atoms with van der Waals surface area (Å²) in [4.78, 5) is 22.3. The van der Waals surface area contributed by atoms with Gasteiger partial charge in [-0.15, -0.1) is 0 Å². The van der Waals surface area contributed by atoms with Gasteiger partial charge in [0.15, 0.2) is 0 Å². The van der Waals surface area contributed by atoms with Gasteiger partial charge in [0.05, 0.1) is 0 Å². The second-order valence-electron chi connectivity index (χ2n) is 4.32. The highest BCUT2D eigenvalue weighted by molar-refractivity contribution is 5.74. The Morgan fingerprint density at radius 1 is 1.32 bits per heavy atom. The molecule has 0 aliphatic carbocycles. The molecule has 5 nitrogen and oxygen atoms in total. The fourth-order valence-corrected chi connectivity index (χ4v) is 1.63. The van der Waals surface area contributed by atoms with Crippen LogP contribution in [0.3, 0.4) is 0 Å². The van der Waals surface area contributed by atoms with Crippen LogP contribution < -0.4 is 11.1 Å². The highest BCUT2D eigenvalue weighted by Gasteiger charge is 2.12. The van der Waals surface area contributed by atoms with E-state index in [1.807, 2.05) is 37.3 Å². The molecule has 3 N–H and O–H groups in total. The van der Waals surface area contributed by atoms with E-state index in [0.717, 1.165) is 12.0 Å². The molecule has 0 aliphatic heterocycles. The number of nitrogens with one attached hydrogen (secondary N) is 1. The lowest BCUT2D eigenvalue weighted by Crippen LogP contribution is -2.35. The number of carbonyl (C=O) groups excluding carboxylic acids is 2. The number of primary amides is 1. The van der Waals surface area contributed by atoms with Gasteiger partial charge in [-0.1, -0.05) is 37.3 Å². The summed E-state index contributed by atoms with van der Waals surface area (Å²) in [5.74, 6) is -0.363. The van der Waals surface area contributed by atoms with Crippen molar-refractivity contribution in [2.45, 2.75) is 38.8 Å². The van der Waals surface area contributed by atoms with Crippen molar-refractivity contribution in [2.24, 2.45) is 5.73 Å². The van der Waals surface area contributed by atoms with Crippen LogP contribution in [0.15, 0.2) is 30.3 Å². The number of hydrogen-bond acceptors (Lipinski definition) is 3. The van der Waals surface area contributed by atoms with Gasteiger partial charge < -0.3 is 15.8 Å². The maximum Gasteiger partial charge on any atom is 0.407 e. The molecule has 1 rings (SSSR count). The van der Waals surface area contributed by atoms with Gasteiger partial charge in [0.2, 0.25) is 5.91 Å². The molecule has 0 aliphatic rings. The maximum atomic E-state index is 11.6. The summed E-state index contributed by atoms with van der Waals surface area (Å²) in [6, 6.07) is 9.36. The predicted octanol–water partition coefficient (Wildman–Crippen LogP) is 1.96. The fraction of sp³-hybridized carbons (Fsp3) is 0.429. The summed E-state index contributed by atoms with van der Waals surface area (Å²) in [6.45, 7) is 2.17. The SMILES string of the molecule is CC[C@H](CCC(N)=O)NC(=O)OCc1ccccc1. The van der Waals surface area contributed by atoms with Crippen LogP contribution in [-0.2, 0) is 16.1 Å². The predicted molar refractivity (Wildman–Crippen MR) is 72.3 cm³/mol. The van der Waals surface area contributed by atoms with Crippen molar-refractivity contribution in [3.63, 3.8) is 0 Å². The van der Waals surface area contributed by atoms with E-state index < -0.39 is 6.09 Å². The first kappa shape index (κ1) is 15.0. The fourth-order valence-electron chi connectivity index (χ4n) is 1.63. The van der Waals surface area contributed by atoms with Crippen molar-refractivity contribution in [3.05, 3.63) is 35.9 Å². The molecule has 2 amide bonds. The van der Waals surface area contributed by atoms with Crippen LogP contribution in [0.2, 0.25) is 0 Å². The first-order valence-electron chi connectivity index (χ1n) is 6.37. The minimum absolute atomic E-state index is 0.0872. The first-order valence-corrected chi connectivity index (χ1v) is 6.37. The Balaban J connectivity index is 2.30. The Hall–Kier alpha value is -2.04. The molecule has 0 radical (unpaired) electrons. The van der Waals surface area contributed by atoms with Crippen molar-refractivity contribution < 1.29 is 14.3 Å². The third-order valence-electron chi connectivity index (χ3n) is 2.77. The number of nitrogens with two attached hydrogens (primary N) is 1. The molecule has 19 heavy (non-hydrogen) atoms. The first-order chi connectivity index (χ1) is 9.11. The zero-order valence-corrected chi connectivity index (χ0v) is 11.1. The van der Waals surface area contributed by atoms with E-state index in [1.54, 1.807) is 0 Å². The molecule has 1 aromatic carbocycles. The average Bonchev–Trinajstić information content (AvgIpc) is 2.42. The Bertz CT molecular complexity index is 406. The van der Waals surface area contributed by atoms with E-state index in [-0.39, 0.29) is 25.0 Å². The van der Waals surface area contributed by atoms with E-state index in [1.165, 1.54) is 0 Å². The Labute approximate surface area is 113 Å². The maximum absolute atomic E-state index is 11.6. The summed E-state index contributed by atoms with van der Waals surface area (Å²) in [6.07, 6.45) is 1.05. The normalized spacial score (nSPS) is 11.6. The molecule has 0 saturated carbocycles. The lowest BCUT2D eigenvalue weighted by atomic mass is 10.1. The van der Waals surface area contributed by atoms with Gasteiger partial charge in [0, 0.05) is 12.5 Å². The van der Waals surface area contributed by atoms with Crippen molar-refractivity contribution in [1.29, 1.82) is 0 Å². The van der Waals surface area contributed by atoms with Crippen LogP contribution in [-0.4, -0.2) is 18.0 Å². The van der Waals surface area contributed by atoms with Crippen molar-refractivity contribution in [3.8, 4) is 0 Å². The molecule has 0 bridgehead atoms. The molecule has 0 aromatic heterocycles. The molecule has 1 aromatic rings. The topological polar surface area (TPSA) is 81.4 Å². The highest BCUT2D eigenvalue weighted by Crippen LogP contribution is 2.04. The molecule has 0 fully saturated rings. The molecule has 0 unspecified atom stereocenters. The monoisotopic (exact) mass is 264 g/mol. The number of carbonyl (C=O) groups is 2. The minimum atomic E-state index is -0.472. The third kappa shape index (κ3) is 6.45. The summed E-state index contributed by atoms with van der Waals surface area (Å²) >= 11 is 0. The quantitative estimate of drug-likeness (QED) is 0.789. The van der Waals surface area contributed by atoms with E-state index in [4.69, 9.17) is 10.5 Å². The molecule has 0 saturated heterocycles. The second kappa shape index (κ2) is 8.13. The summed E-state index contributed by atoms with van der Waals surface area (Å²) in [5.41, 5.74) is 6.01. The zero-order chi connectivity index (χ0) is 14.1. The van der Waals surface area contributed by atoms with Crippen molar-refractivity contribution in [1.82, 2.24) is 5.32 Å². The van der Waals surface area contributed by atoms with Crippen molar-refractivity contribution in [2.75, 3.05) is 0 Å². The summed E-state index contributed by atoms with van der Waals surface area (Å²) in [7, 11) is 0. The Morgan fingerprint density at radius 2 is 2.00 bits per heavy atom. The van der Waals surface area contributed by atoms with Crippen LogP contribution in [0.4, 0.5) is 4.79 Å². The minimum Gasteiger partial charge on any atom is -0.445 e. The number of amides is 2. The average molecular weight is 264 g/mol. The highest BCUT2D eigenvalue weighted by atomic mass is 16.5. The van der Waals surface area contributed by atoms with Gasteiger partial charge in [-0.05, 0) is 18.4 Å². The van der Waals surface area contributed by atoms with Gasteiger partial charge in [-0.25, -0.2) is 4.79 Å². The van der Waals surface area contributed by atoms with E-state index in [9.17, 15) is 9.59 Å². The zero-order valence-electron chi connectivity index (χ0n) is 11.1. The summed E-state index contributed by atoms with van der Waals surface area (Å²) < 4.78 is 5.10. The molecule has 104 valence electrons. The van der Waals surface area contributed by atoms with Gasteiger partial charge >= 0.3 is 6.09 Å². The second-order valence-corrected chi connectivity index (χ2v) is 4.32. The van der Waals surface area contributed by atoms with Crippen LogP contribution >= 0.6 is 0 Å². The lowest BCUT2D eigenvalue weighted by molar-refractivity contribution is -0.118. The van der Waals surface area contributed by atoms with Crippen LogP contribution in [0.1, 0.15) is 31.7 Å². The smallest absolute Gasteiger partial charge is 0.407 e. The lowest BCUT2D eigenvalue weighted by Gasteiger charge is -2.16. The number of ether oxygens (including phenoxy) is 1. The van der Waals surface area contributed by atoms with E-state index in [0.29, 0.717) is 6.42 Å². The van der Waals surface area contributed by atoms with E-state index in [2.05, 4.69) is 5.32 Å². The molecule has 1 atom stereocenters. The Kier molecular flexibility index (Phi) is 6.43. The van der Waals surface area contributed by atoms with Crippen LogP contribution in [0, 0.1) is 0 Å². The van der Waals surface area contributed by atoms with Crippen LogP contribution in [0.25, 0.3) is 0 Å². The van der Waals surface area contributed by atoms with Gasteiger partial charge in [0.1, 0.15) is 6.61 Å². The third-order valence-corrected chi connectivity index (χ3v) is 2.77. The van der Waals surface area contributed by atoms with Crippen LogP contribution in [0.5, 0.6) is 0 Å². The molecule has 0 heterocycles. The van der Waals surface area contributed by atoms with Gasteiger partial charge in [0.25, 0.3) is 0 Å². The number of benzene rings is 1. The molecule has 0 spiro atoms. The molecular formula is C14H20N2O3. The summed E-state index contributed by atoms with van der Waals surface area (Å²) in [5, 5.41) is 2.72. The van der Waals surface area contributed by atoms with E-state index >= 15 is 0 Å². The number of hydrogen-bond donors (Lipinski definition) is 2. The molecular weight excluding hydrogens is 244 g/mol. The van der Waals surface area contributed by atoms with Gasteiger partial charge in [-0.3, -0.25) is 4.79 Å². The standard InChI is InChI=1S/C14H20N2O3/c1-2-12(8-9-13(15)17)16-14(18)19-10-11-6-4-3-5-7-11/h3-7,12H,2,8-10H2,1H3,(H2,15,17)(H,16,18)/t12-/m1/s1. The number of rotatable bonds is 7. The molecule has 5 heteroatoms. The Morgan fingerprint density at radius 3 is 2.58 bits per heavy atom. The number of alkyl carbamates (subject to hydrolysis) is 1.